The van der Waals surface area contributed by atoms with E-state index in [9.17, 15) is 4.79 Å². The highest BCUT2D eigenvalue weighted by atomic mass is 16.2. The van der Waals surface area contributed by atoms with Crippen molar-refractivity contribution in [2.75, 3.05) is 18.9 Å². The molecular weight excluding hydrogens is 304 g/mol. The van der Waals surface area contributed by atoms with E-state index in [0.717, 1.165) is 40.4 Å². The zero-order chi connectivity index (χ0) is 17.4. The molecule has 24 heavy (non-hydrogen) atoms. The number of nitrogens with zero attached hydrogens (tertiary/aromatic N) is 5. The summed E-state index contributed by atoms with van der Waals surface area (Å²) in [4.78, 5) is 14.9. The van der Waals surface area contributed by atoms with Gasteiger partial charge in [-0.05, 0) is 32.4 Å². The highest BCUT2D eigenvalue weighted by molar-refractivity contribution is 5.84. The number of carbonyl (C=O) groups is 1. The summed E-state index contributed by atoms with van der Waals surface area (Å²) in [7, 11) is 3.73. The molecule has 0 saturated heterocycles. The standard InChI is InChI=1S/C17H24N6O/c1-10(16-11(2)21-22(5)12(16)3)17(24)23-7-6-14-13(9-23)8-15(18-4)20-19-14/h8,10H,6-7,9H2,1-5H3,(H,18,20). The lowest BCUT2D eigenvalue weighted by Crippen LogP contribution is -2.39. The maximum atomic E-state index is 13.0. The number of amides is 1. The zero-order valence-electron chi connectivity index (χ0n) is 14.9. The average Bonchev–Trinajstić information content (AvgIpc) is 2.84. The minimum absolute atomic E-state index is 0.141. The van der Waals surface area contributed by atoms with Crippen LogP contribution in [0.5, 0.6) is 0 Å². The molecule has 128 valence electrons. The van der Waals surface area contributed by atoms with Crippen molar-refractivity contribution in [1.82, 2.24) is 24.9 Å². The molecule has 2 aromatic rings. The van der Waals surface area contributed by atoms with Crippen molar-refractivity contribution in [3.05, 3.63) is 34.3 Å². The van der Waals surface area contributed by atoms with Crippen LogP contribution in [0.25, 0.3) is 0 Å². The van der Waals surface area contributed by atoms with Gasteiger partial charge in [-0.15, -0.1) is 5.10 Å². The van der Waals surface area contributed by atoms with Crippen LogP contribution in [0.15, 0.2) is 6.07 Å². The molecule has 1 aliphatic rings. The molecular formula is C17H24N6O. The van der Waals surface area contributed by atoms with E-state index >= 15 is 0 Å². The molecule has 1 unspecified atom stereocenters. The number of aryl methyl sites for hydroxylation is 2. The van der Waals surface area contributed by atoms with Gasteiger partial charge in [0.2, 0.25) is 5.91 Å². The van der Waals surface area contributed by atoms with Crippen LogP contribution >= 0.6 is 0 Å². The molecule has 3 rings (SSSR count). The van der Waals surface area contributed by atoms with Gasteiger partial charge in [0.05, 0.1) is 17.3 Å². The summed E-state index contributed by atoms with van der Waals surface area (Å²) >= 11 is 0. The first kappa shape index (κ1) is 16.4. The number of rotatable bonds is 3. The van der Waals surface area contributed by atoms with Crippen molar-refractivity contribution < 1.29 is 4.79 Å². The predicted molar refractivity (Wildman–Crippen MR) is 91.8 cm³/mol. The van der Waals surface area contributed by atoms with E-state index in [4.69, 9.17) is 0 Å². The summed E-state index contributed by atoms with van der Waals surface area (Å²) in [6, 6.07) is 1.98. The van der Waals surface area contributed by atoms with Crippen LogP contribution in [-0.2, 0) is 24.8 Å². The average molecular weight is 328 g/mol. The van der Waals surface area contributed by atoms with Gasteiger partial charge in [0.1, 0.15) is 5.82 Å². The van der Waals surface area contributed by atoms with E-state index in [0.29, 0.717) is 13.1 Å². The Kier molecular flexibility index (Phi) is 4.26. The lowest BCUT2D eigenvalue weighted by Gasteiger charge is -2.30. The molecule has 2 aromatic heterocycles. The normalized spacial score (nSPS) is 15.1. The number of nitrogens with one attached hydrogen (secondary N) is 1. The smallest absolute Gasteiger partial charge is 0.230 e. The Morgan fingerprint density at radius 1 is 1.33 bits per heavy atom. The summed E-state index contributed by atoms with van der Waals surface area (Å²) in [5.74, 6) is 0.677. The van der Waals surface area contributed by atoms with E-state index in [1.807, 2.05) is 50.5 Å². The summed E-state index contributed by atoms with van der Waals surface area (Å²) in [6.07, 6.45) is 0.746. The lowest BCUT2D eigenvalue weighted by molar-refractivity contribution is -0.133. The molecule has 0 spiro atoms. The Morgan fingerprint density at radius 2 is 2.08 bits per heavy atom. The topological polar surface area (TPSA) is 75.9 Å². The first-order chi connectivity index (χ1) is 11.4. The van der Waals surface area contributed by atoms with Crippen LogP contribution in [-0.4, -0.2) is 44.4 Å². The van der Waals surface area contributed by atoms with Gasteiger partial charge in [-0.3, -0.25) is 9.48 Å². The maximum absolute atomic E-state index is 13.0. The van der Waals surface area contributed by atoms with Gasteiger partial charge in [0.25, 0.3) is 0 Å². The molecule has 1 aliphatic heterocycles. The molecule has 0 fully saturated rings. The monoisotopic (exact) mass is 328 g/mol. The second kappa shape index (κ2) is 6.22. The van der Waals surface area contributed by atoms with E-state index < -0.39 is 0 Å². The maximum Gasteiger partial charge on any atom is 0.230 e. The molecule has 7 heteroatoms. The van der Waals surface area contributed by atoms with Crippen LogP contribution in [0.1, 0.15) is 41.1 Å². The third kappa shape index (κ3) is 2.74. The van der Waals surface area contributed by atoms with Gasteiger partial charge in [0.15, 0.2) is 0 Å². The van der Waals surface area contributed by atoms with E-state index in [-0.39, 0.29) is 11.8 Å². The Morgan fingerprint density at radius 3 is 2.71 bits per heavy atom. The van der Waals surface area contributed by atoms with Gasteiger partial charge in [-0.2, -0.15) is 10.2 Å². The summed E-state index contributed by atoms with van der Waals surface area (Å²) in [6.45, 7) is 7.22. The largest absolute Gasteiger partial charge is 0.372 e. The Bertz CT molecular complexity index is 782. The highest BCUT2D eigenvalue weighted by Gasteiger charge is 2.29. The van der Waals surface area contributed by atoms with Crippen molar-refractivity contribution in [2.24, 2.45) is 7.05 Å². The van der Waals surface area contributed by atoms with Gasteiger partial charge in [-0.1, -0.05) is 0 Å². The second-order valence-corrected chi connectivity index (χ2v) is 6.39. The summed E-state index contributed by atoms with van der Waals surface area (Å²) in [5.41, 5.74) is 5.07. The fourth-order valence-corrected chi connectivity index (χ4v) is 3.45. The van der Waals surface area contributed by atoms with Crippen molar-refractivity contribution in [3.8, 4) is 0 Å². The minimum Gasteiger partial charge on any atom is -0.372 e. The molecule has 3 heterocycles. The molecule has 1 amide bonds. The molecule has 1 N–H and O–H groups in total. The number of fused-ring (bicyclic) bond motifs is 1. The third-order valence-corrected chi connectivity index (χ3v) is 4.88. The number of hydrogen-bond donors (Lipinski definition) is 1. The number of anilines is 1. The fourth-order valence-electron chi connectivity index (χ4n) is 3.45. The molecule has 0 saturated carbocycles. The molecule has 0 radical (unpaired) electrons. The Labute approximate surface area is 142 Å². The Balaban J connectivity index is 1.83. The third-order valence-electron chi connectivity index (χ3n) is 4.88. The molecule has 7 nitrogen and oxygen atoms in total. The van der Waals surface area contributed by atoms with Crippen molar-refractivity contribution in [3.63, 3.8) is 0 Å². The number of aromatic nitrogens is 4. The summed E-state index contributed by atoms with van der Waals surface area (Å²) in [5, 5.41) is 15.8. The quantitative estimate of drug-likeness (QED) is 0.925. The fraction of sp³-hybridized carbons (Fsp3) is 0.529. The van der Waals surface area contributed by atoms with Gasteiger partial charge >= 0.3 is 0 Å². The van der Waals surface area contributed by atoms with Gasteiger partial charge < -0.3 is 10.2 Å². The van der Waals surface area contributed by atoms with E-state index in [2.05, 4.69) is 20.6 Å². The predicted octanol–water partition coefficient (Wildman–Crippen LogP) is 1.56. The van der Waals surface area contributed by atoms with Gasteiger partial charge in [-0.25, -0.2) is 0 Å². The SMILES string of the molecule is CNc1cc2c(nn1)CCN(C(=O)C(C)c1c(C)nn(C)c1C)C2. The zero-order valence-corrected chi connectivity index (χ0v) is 14.9. The van der Waals surface area contributed by atoms with Crippen molar-refractivity contribution in [1.29, 1.82) is 0 Å². The number of hydrogen-bond acceptors (Lipinski definition) is 5. The van der Waals surface area contributed by atoms with Crippen LogP contribution in [0.3, 0.4) is 0 Å². The highest BCUT2D eigenvalue weighted by Crippen LogP contribution is 2.27. The van der Waals surface area contributed by atoms with Crippen LogP contribution in [0.4, 0.5) is 5.82 Å². The molecule has 1 atom stereocenters. The summed E-state index contributed by atoms with van der Waals surface area (Å²) < 4.78 is 1.84. The van der Waals surface area contributed by atoms with Crippen molar-refractivity contribution in [2.45, 2.75) is 39.7 Å². The lowest BCUT2D eigenvalue weighted by atomic mass is 9.96. The van der Waals surface area contributed by atoms with E-state index in [1.165, 1.54) is 0 Å². The molecule has 0 aliphatic carbocycles. The second-order valence-electron chi connectivity index (χ2n) is 6.39. The molecule has 0 bridgehead atoms. The molecule has 0 aromatic carbocycles. The van der Waals surface area contributed by atoms with Crippen molar-refractivity contribution >= 4 is 11.7 Å². The minimum atomic E-state index is -0.196. The van der Waals surface area contributed by atoms with Gasteiger partial charge in [0, 0.05) is 44.9 Å². The Hall–Kier alpha value is -2.44. The number of carbonyl (C=O) groups excluding carboxylic acids is 1. The first-order valence-electron chi connectivity index (χ1n) is 8.24. The van der Waals surface area contributed by atoms with E-state index in [1.54, 1.807) is 0 Å². The first-order valence-corrected chi connectivity index (χ1v) is 8.24. The van der Waals surface area contributed by atoms with Crippen LogP contribution in [0, 0.1) is 13.8 Å². The van der Waals surface area contributed by atoms with Crippen LogP contribution in [0.2, 0.25) is 0 Å². The van der Waals surface area contributed by atoms with Crippen LogP contribution < -0.4 is 5.32 Å².